The zero-order chi connectivity index (χ0) is 22.5. The molecule has 1 heterocycles. The molecular formula is C26H31NO2SSi. The molecule has 0 bridgehead atoms. The molecule has 31 heavy (non-hydrogen) atoms. The second kappa shape index (κ2) is 7.43. The Morgan fingerprint density at radius 3 is 1.68 bits per heavy atom. The first-order valence-electron chi connectivity index (χ1n) is 10.8. The third kappa shape index (κ3) is 3.30. The molecule has 0 spiro atoms. The van der Waals surface area contributed by atoms with Gasteiger partial charge in [-0.05, 0) is 31.0 Å². The van der Waals surface area contributed by atoms with Gasteiger partial charge in [0, 0.05) is 6.54 Å². The van der Waals surface area contributed by atoms with Gasteiger partial charge in [-0.3, -0.25) is 0 Å². The van der Waals surface area contributed by atoms with E-state index in [-0.39, 0.29) is 5.04 Å². The van der Waals surface area contributed by atoms with Crippen molar-refractivity contribution in [3.63, 3.8) is 0 Å². The molecule has 162 valence electrons. The fourth-order valence-electron chi connectivity index (χ4n) is 5.58. The summed E-state index contributed by atoms with van der Waals surface area (Å²) in [4.78, 5) is 0.375. The molecule has 5 heteroatoms. The van der Waals surface area contributed by atoms with E-state index in [1.165, 1.54) is 10.4 Å². The van der Waals surface area contributed by atoms with Crippen LogP contribution in [0.5, 0.6) is 0 Å². The summed E-state index contributed by atoms with van der Waals surface area (Å²) in [7, 11) is -6.19. The monoisotopic (exact) mass is 449 g/mol. The van der Waals surface area contributed by atoms with Crippen molar-refractivity contribution >= 4 is 28.5 Å². The molecule has 0 amide bonds. The maximum atomic E-state index is 13.7. The Morgan fingerprint density at radius 2 is 1.26 bits per heavy atom. The van der Waals surface area contributed by atoms with Crippen LogP contribution in [0, 0.1) is 6.92 Å². The summed E-state index contributed by atoms with van der Waals surface area (Å²) in [6, 6.07) is 28.4. The van der Waals surface area contributed by atoms with Gasteiger partial charge in [0.1, 0.15) is 8.07 Å². The van der Waals surface area contributed by atoms with E-state index in [0.717, 1.165) is 5.56 Å². The highest BCUT2D eigenvalue weighted by Crippen LogP contribution is 2.53. The lowest BCUT2D eigenvalue weighted by Crippen LogP contribution is -2.74. The molecule has 1 fully saturated rings. The number of nitrogens with zero attached hydrogens (tertiary/aromatic N) is 1. The Hall–Kier alpha value is -2.21. The van der Waals surface area contributed by atoms with Crippen molar-refractivity contribution < 1.29 is 8.42 Å². The van der Waals surface area contributed by atoms with Crippen molar-refractivity contribution in [3.8, 4) is 0 Å². The van der Waals surface area contributed by atoms with Crippen molar-refractivity contribution in [3.05, 3.63) is 90.5 Å². The summed E-state index contributed by atoms with van der Waals surface area (Å²) in [5.74, 6) is 0. The average molecular weight is 450 g/mol. The third-order valence-electron chi connectivity index (χ3n) is 6.85. The molecule has 1 aliphatic heterocycles. The van der Waals surface area contributed by atoms with E-state index in [1.807, 2.05) is 31.2 Å². The van der Waals surface area contributed by atoms with Crippen LogP contribution in [0.2, 0.25) is 5.04 Å². The van der Waals surface area contributed by atoms with E-state index in [2.05, 4.69) is 76.2 Å². The molecule has 0 saturated carbocycles. The van der Waals surface area contributed by atoms with E-state index in [4.69, 9.17) is 0 Å². The molecule has 0 N–H and O–H groups in total. The molecule has 0 aliphatic carbocycles. The molecule has 3 nitrogen and oxygen atoms in total. The topological polar surface area (TPSA) is 37.1 Å². The van der Waals surface area contributed by atoms with Gasteiger partial charge in [-0.2, -0.15) is 4.31 Å². The van der Waals surface area contributed by atoms with Crippen molar-refractivity contribution in [1.82, 2.24) is 4.31 Å². The lowest BCUT2D eigenvalue weighted by atomic mass is 10.2. The van der Waals surface area contributed by atoms with Gasteiger partial charge in [-0.25, -0.2) is 8.42 Å². The summed E-state index contributed by atoms with van der Waals surface area (Å²) in [6.07, 6.45) is 0. The number of rotatable bonds is 5. The zero-order valence-electron chi connectivity index (χ0n) is 19.0. The fourth-order valence-corrected chi connectivity index (χ4v) is 15.2. The molecule has 1 saturated heterocycles. The van der Waals surface area contributed by atoms with Crippen LogP contribution in [-0.2, 0) is 10.0 Å². The van der Waals surface area contributed by atoms with Crippen LogP contribution < -0.4 is 10.4 Å². The molecule has 1 unspecified atom stereocenters. The number of hydrogen-bond acceptors (Lipinski definition) is 2. The van der Waals surface area contributed by atoms with Gasteiger partial charge >= 0.3 is 0 Å². The fraction of sp³-hybridized carbons (Fsp3) is 0.308. The molecule has 4 rings (SSSR count). The van der Waals surface area contributed by atoms with Crippen molar-refractivity contribution in [2.24, 2.45) is 0 Å². The van der Waals surface area contributed by atoms with Gasteiger partial charge in [0.05, 0.1) is 10.1 Å². The highest BCUT2D eigenvalue weighted by Gasteiger charge is 2.72. The molecule has 0 aromatic heterocycles. The van der Waals surface area contributed by atoms with Gasteiger partial charge < -0.3 is 0 Å². The highest BCUT2D eigenvalue weighted by molar-refractivity contribution is 7.89. The summed E-state index contributed by atoms with van der Waals surface area (Å²) >= 11 is 0. The van der Waals surface area contributed by atoms with Crippen LogP contribution in [0.3, 0.4) is 0 Å². The summed E-state index contributed by atoms with van der Waals surface area (Å²) in [5, 5.41) is 1.98. The Labute approximate surface area is 187 Å². The van der Waals surface area contributed by atoms with Crippen molar-refractivity contribution in [2.45, 2.75) is 49.7 Å². The number of hydrogen-bond donors (Lipinski definition) is 0. The highest BCUT2D eigenvalue weighted by atomic mass is 32.2. The largest absolute Gasteiger partial charge is 0.243 e. The summed E-state index contributed by atoms with van der Waals surface area (Å²) < 4.78 is 29.2. The number of benzene rings is 3. The minimum absolute atomic E-state index is 0.109. The predicted octanol–water partition coefficient (Wildman–Crippen LogP) is 4.36. The summed E-state index contributed by atoms with van der Waals surface area (Å²) in [5.41, 5.74) is 1.06. The van der Waals surface area contributed by atoms with Gasteiger partial charge in [-0.15, -0.1) is 0 Å². The van der Waals surface area contributed by atoms with Gasteiger partial charge in [0.15, 0.2) is 0 Å². The Kier molecular flexibility index (Phi) is 5.28. The maximum absolute atomic E-state index is 13.7. The molecule has 0 radical (unpaired) electrons. The lowest BCUT2D eigenvalue weighted by molar-refractivity contribution is 0.543. The summed E-state index contributed by atoms with van der Waals surface area (Å²) in [6.45, 7) is 11.5. The maximum Gasteiger partial charge on any atom is 0.243 e. The number of sulfonamides is 1. The smallest absolute Gasteiger partial charge is 0.207 e. The van der Waals surface area contributed by atoms with E-state index >= 15 is 0 Å². The van der Waals surface area contributed by atoms with Crippen LogP contribution in [0.15, 0.2) is 89.8 Å². The van der Waals surface area contributed by atoms with Crippen LogP contribution in [0.25, 0.3) is 0 Å². The lowest BCUT2D eigenvalue weighted by Gasteiger charge is -2.48. The average Bonchev–Trinajstić information content (AvgIpc) is 3.43. The molecule has 2 atom stereocenters. The van der Waals surface area contributed by atoms with Gasteiger partial charge in [-0.1, -0.05) is 110 Å². The van der Waals surface area contributed by atoms with E-state index in [0.29, 0.717) is 11.4 Å². The Morgan fingerprint density at radius 1 is 0.806 bits per heavy atom. The molecular weight excluding hydrogens is 418 g/mol. The Bertz CT molecular complexity index is 1130. The normalized spacial score (nSPS) is 21.6. The quantitative estimate of drug-likeness (QED) is 0.429. The van der Waals surface area contributed by atoms with E-state index in [1.54, 1.807) is 16.4 Å². The first kappa shape index (κ1) is 22.0. The minimum atomic E-state index is -3.58. The van der Waals surface area contributed by atoms with Crippen LogP contribution in [0.1, 0.15) is 33.3 Å². The van der Waals surface area contributed by atoms with Crippen LogP contribution >= 0.6 is 0 Å². The molecule has 3 aromatic carbocycles. The van der Waals surface area contributed by atoms with Crippen molar-refractivity contribution in [1.29, 1.82) is 0 Å². The SMILES string of the molecule is Cc1ccc(S(=O)(=O)N2C[C@]2(C)[Si](c2ccccc2)(c2ccccc2)C(C)(C)C)cc1. The van der Waals surface area contributed by atoms with Crippen LogP contribution in [0.4, 0.5) is 0 Å². The second-order valence-corrected chi connectivity index (χ2v) is 16.9. The van der Waals surface area contributed by atoms with Gasteiger partial charge in [0.25, 0.3) is 0 Å². The second-order valence-electron chi connectivity index (χ2n) is 9.83. The zero-order valence-corrected chi connectivity index (χ0v) is 20.8. The minimum Gasteiger partial charge on any atom is -0.207 e. The predicted molar refractivity (Wildman–Crippen MR) is 131 cm³/mol. The van der Waals surface area contributed by atoms with Crippen LogP contribution in [-0.4, -0.2) is 32.5 Å². The van der Waals surface area contributed by atoms with Crippen molar-refractivity contribution in [2.75, 3.05) is 6.54 Å². The first-order chi connectivity index (χ1) is 14.5. The van der Waals surface area contributed by atoms with E-state index < -0.39 is 23.3 Å². The molecule has 1 aliphatic rings. The molecule has 3 aromatic rings. The van der Waals surface area contributed by atoms with E-state index in [9.17, 15) is 8.42 Å². The Balaban J connectivity index is 1.94. The first-order valence-corrected chi connectivity index (χ1v) is 14.2. The standard InChI is InChI=1S/C26H31NO2SSi/c1-21-16-18-22(19-17-21)30(28,29)27-20-26(27,5)31(25(2,3)4,23-12-8-6-9-13-23)24-14-10-7-11-15-24/h6-19H,20H2,1-5H3/t26-,27?/m0/s1. The third-order valence-corrected chi connectivity index (χ3v) is 15.7. The van der Waals surface area contributed by atoms with Gasteiger partial charge in [0.2, 0.25) is 10.0 Å². The number of aryl methyl sites for hydroxylation is 1.